The second-order valence-corrected chi connectivity index (χ2v) is 5.72. The molecule has 3 aromatic rings. The lowest BCUT2D eigenvalue weighted by Crippen LogP contribution is -2.11. The van der Waals surface area contributed by atoms with Gasteiger partial charge < -0.3 is 14.8 Å². The van der Waals surface area contributed by atoms with Crippen molar-refractivity contribution >= 4 is 33.6 Å². The summed E-state index contributed by atoms with van der Waals surface area (Å²) in [5.41, 5.74) is 1.98. The van der Waals surface area contributed by atoms with Gasteiger partial charge in [0.05, 0.1) is 23.0 Å². The van der Waals surface area contributed by atoms with Gasteiger partial charge in [-0.25, -0.2) is 4.98 Å². The zero-order valence-electron chi connectivity index (χ0n) is 13.1. The Labute approximate surface area is 143 Å². The van der Waals surface area contributed by atoms with Gasteiger partial charge in [-0.3, -0.25) is 4.79 Å². The van der Waals surface area contributed by atoms with Gasteiger partial charge in [-0.1, -0.05) is 29.8 Å². The Bertz CT molecular complexity index is 1010. The molecule has 0 aliphatic carbocycles. The van der Waals surface area contributed by atoms with Crippen molar-refractivity contribution in [2.24, 2.45) is 0 Å². The Kier molecular flexibility index (Phi) is 4.27. The van der Waals surface area contributed by atoms with E-state index in [1.54, 1.807) is 24.3 Å². The number of methoxy groups -OCH3 is 1. The average molecular weight is 343 g/mol. The molecule has 122 valence electrons. The molecule has 3 rings (SSSR count). The summed E-state index contributed by atoms with van der Waals surface area (Å²) in [6, 6.07) is 10.3. The predicted octanol–water partition coefficient (Wildman–Crippen LogP) is 3.68. The molecule has 0 atom stereocenters. The molecule has 2 aromatic carbocycles. The molecule has 24 heavy (non-hydrogen) atoms. The minimum atomic E-state index is -0.242. The third-order valence-electron chi connectivity index (χ3n) is 3.66. The smallest absolute Gasteiger partial charge is 0.259 e. The minimum Gasteiger partial charge on any atom is -0.504 e. The van der Waals surface area contributed by atoms with Crippen LogP contribution in [0, 0.1) is 6.92 Å². The highest BCUT2D eigenvalue weighted by Gasteiger charge is 2.09. The zero-order valence-corrected chi connectivity index (χ0v) is 13.9. The fourth-order valence-electron chi connectivity index (χ4n) is 2.42. The van der Waals surface area contributed by atoms with E-state index in [0.717, 1.165) is 5.56 Å². The summed E-state index contributed by atoms with van der Waals surface area (Å²) < 4.78 is 5.07. The number of aromatic nitrogens is 2. The molecule has 0 saturated heterocycles. The lowest BCUT2D eigenvalue weighted by atomic mass is 10.1. The van der Waals surface area contributed by atoms with E-state index in [1.165, 1.54) is 13.2 Å². The second kappa shape index (κ2) is 6.37. The molecule has 0 spiro atoms. The molecule has 2 N–H and O–H groups in total. The van der Waals surface area contributed by atoms with Gasteiger partial charge in [0.2, 0.25) is 0 Å². The first-order chi connectivity index (χ1) is 11.5. The number of aromatic amines is 1. The van der Waals surface area contributed by atoms with E-state index in [9.17, 15) is 9.90 Å². The van der Waals surface area contributed by atoms with E-state index in [-0.39, 0.29) is 22.2 Å². The van der Waals surface area contributed by atoms with Crippen molar-refractivity contribution in [3.05, 3.63) is 63.7 Å². The summed E-state index contributed by atoms with van der Waals surface area (Å²) in [4.78, 5) is 19.4. The van der Waals surface area contributed by atoms with Gasteiger partial charge in [0.1, 0.15) is 0 Å². The summed E-state index contributed by atoms with van der Waals surface area (Å²) in [7, 11) is 1.47. The number of hydrogen-bond acceptors (Lipinski definition) is 4. The van der Waals surface area contributed by atoms with Crippen molar-refractivity contribution in [2.45, 2.75) is 6.92 Å². The predicted molar refractivity (Wildman–Crippen MR) is 95.5 cm³/mol. The number of phenolic OH excluding ortho intramolecular Hbond substituents is 1. The molecule has 5 nitrogen and oxygen atoms in total. The van der Waals surface area contributed by atoms with Gasteiger partial charge in [-0.15, -0.1) is 0 Å². The maximum atomic E-state index is 12.2. The number of halogens is 1. The Morgan fingerprint density at radius 1 is 1.33 bits per heavy atom. The molecule has 0 fully saturated rings. The largest absolute Gasteiger partial charge is 0.504 e. The topological polar surface area (TPSA) is 75.2 Å². The summed E-state index contributed by atoms with van der Waals surface area (Å²) in [6.45, 7) is 1.89. The Morgan fingerprint density at radius 2 is 2.12 bits per heavy atom. The van der Waals surface area contributed by atoms with Crippen LogP contribution in [0.1, 0.15) is 17.0 Å². The van der Waals surface area contributed by atoms with E-state index in [4.69, 9.17) is 16.3 Å². The van der Waals surface area contributed by atoms with Crippen LogP contribution in [0.25, 0.3) is 22.0 Å². The minimum absolute atomic E-state index is 0.0404. The summed E-state index contributed by atoms with van der Waals surface area (Å²) in [5.74, 6) is 0.665. The second-order valence-electron chi connectivity index (χ2n) is 5.31. The first kappa shape index (κ1) is 16.1. The van der Waals surface area contributed by atoms with Crippen LogP contribution in [0.3, 0.4) is 0 Å². The maximum absolute atomic E-state index is 12.2. The molecule has 1 aromatic heterocycles. The Hall–Kier alpha value is -2.79. The number of benzene rings is 2. The van der Waals surface area contributed by atoms with Crippen LogP contribution < -0.4 is 10.3 Å². The van der Waals surface area contributed by atoms with Crippen LogP contribution in [0.4, 0.5) is 0 Å². The lowest BCUT2D eigenvalue weighted by Gasteiger charge is -2.06. The standard InChI is InChI=1S/C18H15ClN2O3/c1-10-4-3-5-12-16(10)20-17(21-18(12)23)13(19)8-11-6-7-14(22)15(9-11)24-2/h3-9,22H,1-2H3,(H,20,21,23). The van der Waals surface area contributed by atoms with Crippen LogP contribution in [-0.2, 0) is 0 Å². The molecule has 0 unspecified atom stereocenters. The van der Waals surface area contributed by atoms with E-state index in [2.05, 4.69) is 9.97 Å². The van der Waals surface area contributed by atoms with Crippen LogP contribution in [0.2, 0.25) is 0 Å². The van der Waals surface area contributed by atoms with Gasteiger partial charge in [0.15, 0.2) is 17.3 Å². The van der Waals surface area contributed by atoms with Gasteiger partial charge in [0, 0.05) is 0 Å². The molecule has 0 radical (unpaired) electrons. The quantitative estimate of drug-likeness (QED) is 0.761. The number of nitrogens with one attached hydrogen (secondary N) is 1. The lowest BCUT2D eigenvalue weighted by molar-refractivity contribution is 0.373. The van der Waals surface area contributed by atoms with E-state index in [1.807, 2.05) is 19.1 Å². The van der Waals surface area contributed by atoms with Crippen molar-refractivity contribution in [3.63, 3.8) is 0 Å². The first-order valence-electron chi connectivity index (χ1n) is 7.24. The number of rotatable bonds is 3. The number of aryl methyl sites for hydroxylation is 1. The van der Waals surface area contributed by atoms with Crippen molar-refractivity contribution in [1.29, 1.82) is 0 Å². The van der Waals surface area contributed by atoms with Crippen molar-refractivity contribution < 1.29 is 9.84 Å². The average Bonchev–Trinajstić information content (AvgIpc) is 2.57. The summed E-state index contributed by atoms with van der Waals surface area (Å²) >= 11 is 6.33. The van der Waals surface area contributed by atoms with Crippen LogP contribution in [0.15, 0.2) is 41.2 Å². The summed E-state index contributed by atoms with van der Waals surface area (Å²) in [5, 5.41) is 10.4. The monoisotopic (exact) mass is 342 g/mol. The highest BCUT2D eigenvalue weighted by atomic mass is 35.5. The number of hydrogen-bond donors (Lipinski definition) is 2. The first-order valence-corrected chi connectivity index (χ1v) is 7.61. The van der Waals surface area contributed by atoms with Gasteiger partial charge >= 0.3 is 0 Å². The molecule has 0 bridgehead atoms. The molecule has 6 heteroatoms. The third kappa shape index (κ3) is 2.98. The van der Waals surface area contributed by atoms with Crippen molar-refractivity contribution in [1.82, 2.24) is 9.97 Å². The van der Waals surface area contributed by atoms with Crippen LogP contribution in [0.5, 0.6) is 11.5 Å². The zero-order chi connectivity index (χ0) is 17.3. The van der Waals surface area contributed by atoms with Crippen molar-refractivity contribution in [3.8, 4) is 11.5 Å². The highest BCUT2D eigenvalue weighted by Crippen LogP contribution is 2.29. The molecule has 0 aliphatic heterocycles. The number of para-hydroxylation sites is 1. The SMILES string of the molecule is COc1cc(C=C(Cl)c2nc3c(C)cccc3c(=O)[nH]2)ccc1O. The van der Waals surface area contributed by atoms with E-state index in [0.29, 0.717) is 22.2 Å². The molecular formula is C18H15ClN2O3. The number of nitrogens with zero attached hydrogens (tertiary/aromatic N) is 1. The highest BCUT2D eigenvalue weighted by molar-refractivity contribution is 6.50. The number of phenols is 1. The molecule has 0 amide bonds. The van der Waals surface area contributed by atoms with Crippen molar-refractivity contribution in [2.75, 3.05) is 7.11 Å². The van der Waals surface area contributed by atoms with Gasteiger partial charge in [-0.2, -0.15) is 0 Å². The number of ether oxygens (including phenoxy) is 1. The van der Waals surface area contributed by atoms with Crippen LogP contribution in [-0.4, -0.2) is 22.2 Å². The Balaban J connectivity index is 2.10. The molecule has 1 heterocycles. The number of H-pyrrole nitrogens is 1. The maximum Gasteiger partial charge on any atom is 0.259 e. The Morgan fingerprint density at radius 3 is 2.88 bits per heavy atom. The third-order valence-corrected chi connectivity index (χ3v) is 3.95. The van der Waals surface area contributed by atoms with Gasteiger partial charge in [-0.05, 0) is 42.3 Å². The van der Waals surface area contributed by atoms with E-state index >= 15 is 0 Å². The molecule has 0 aliphatic rings. The number of aromatic hydroxyl groups is 1. The van der Waals surface area contributed by atoms with Gasteiger partial charge in [0.25, 0.3) is 5.56 Å². The normalized spacial score (nSPS) is 11.7. The molecule has 0 saturated carbocycles. The fraction of sp³-hybridized carbons (Fsp3) is 0.111. The fourth-order valence-corrected chi connectivity index (χ4v) is 2.63. The van der Waals surface area contributed by atoms with E-state index < -0.39 is 0 Å². The molecular weight excluding hydrogens is 328 g/mol. The number of fused-ring (bicyclic) bond motifs is 1. The van der Waals surface area contributed by atoms with Crippen LogP contribution >= 0.6 is 11.6 Å². The summed E-state index contributed by atoms with van der Waals surface area (Å²) in [6.07, 6.45) is 1.64.